The highest BCUT2D eigenvalue weighted by Crippen LogP contribution is 2.25. The SMILES string of the molecule is COc1ccc(CC(=O)c2ccc(OCC(=O)c3ccc(Cl)cc3)cc2O)cc1. The number of halogens is 1. The second-order valence-electron chi connectivity index (χ2n) is 6.35. The van der Waals surface area contributed by atoms with Gasteiger partial charge in [-0.15, -0.1) is 0 Å². The van der Waals surface area contributed by atoms with Crippen molar-refractivity contribution in [3.05, 3.63) is 88.4 Å². The average molecular weight is 411 g/mol. The van der Waals surface area contributed by atoms with Crippen LogP contribution in [0, 0.1) is 0 Å². The van der Waals surface area contributed by atoms with Crippen LogP contribution < -0.4 is 9.47 Å². The first-order valence-electron chi connectivity index (χ1n) is 8.87. The summed E-state index contributed by atoms with van der Waals surface area (Å²) in [5, 5.41) is 10.8. The number of carbonyl (C=O) groups is 2. The minimum atomic E-state index is -0.226. The Hall–Kier alpha value is -3.31. The van der Waals surface area contributed by atoms with Gasteiger partial charge in [0.25, 0.3) is 0 Å². The molecule has 1 N–H and O–H groups in total. The van der Waals surface area contributed by atoms with Crippen LogP contribution in [0.5, 0.6) is 17.2 Å². The Balaban J connectivity index is 1.62. The van der Waals surface area contributed by atoms with Gasteiger partial charge in [0.1, 0.15) is 17.2 Å². The first-order valence-corrected chi connectivity index (χ1v) is 9.25. The van der Waals surface area contributed by atoms with E-state index < -0.39 is 0 Å². The topological polar surface area (TPSA) is 72.8 Å². The number of rotatable bonds is 8. The van der Waals surface area contributed by atoms with Crippen molar-refractivity contribution in [2.24, 2.45) is 0 Å². The van der Waals surface area contributed by atoms with Gasteiger partial charge in [-0.25, -0.2) is 0 Å². The Morgan fingerprint density at radius 3 is 2.17 bits per heavy atom. The summed E-state index contributed by atoms with van der Waals surface area (Å²) in [4.78, 5) is 24.6. The monoisotopic (exact) mass is 410 g/mol. The number of Topliss-reactive ketones (excluding diaryl/α,β-unsaturated/α-hetero) is 2. The van der Waals surface area contributed by atoms with Crippen LogP contribution in [-0.2, 0) is 6.42 Å². The van der Waals surface area contributed by atoms with E-state index in [1.807, 2.05) is 0 Å². The minimum Gasteiger partial charge on any atom is -0.507 e. The normalized spacial score (nSPS) is 10.4. The maximum absolute atomic E-state index is 12.5. The smallest absolute Gasteiger partial charge is 0.200 e. The molecule has 0 radical (unpaired) electrons. The van der Waals surface area contributed by atoms with Crippen LogP contribution in [0.2, 0.25) is 5.02 Å². The highest BCUT2D eigenvalue weighted by atomic mass is 35.5. The van der Waals surface area contributed by atoms with Gasteiger partial charge in [-0.3, -0.25) is 9.59 Å². The molecule has 0 unspecified atom stereocenters. The molecule has 5 nitrogen and oxygen atoms in total. The van der Waals surface area contributed by atoms with E-state index in [1.54, 1.807) is 61.7 Å². The molecule has 0 aliphatic rings. The lowest BCUT2D eigenvalue weighted by atomic mass is 10.0. The Bertz CT molecular complexity index is 1010. The predicted octanol–water partition coefficient (Wildman–Crippen LogP) is 4.74. The van der Waals surface area contributed by atoms with Gasteiger partial charge in [0, 0.05) is 23.1 Å². The number of carbonyl (C=O) groups excluding carboxylic acids is 2. The third-order valence-corrected chi connectivity index (χ3v) is 4.58. The molecule has 0 aliphatic carbocycles. The number of hydrogen-bond donors (Lipinski definition) is 1. The zero-order chi connectivity index (χ0) is 20.8. The summed E-state index contributed by atoms with van der Waals surface area (Å²) in [6.07, 6.45) is 0.146. The zero-order valence-corrected chi connectivity index (χ0v) is 16.5. The standard InChI is InChI=1S/C23H19ClO5/c1-28-18-8-2-15(3-9-18)12-21(25)20-11-10-19(13-22(20)26)29-14-23(27)16-4-6-17(24)7-5-16/h2-11,13,26H,12,14H2,1H3. The molecule has 148 valence electrons. The maximum atomic E-state index is 12.5. The zero-order valence-electron chi connectivity index (χ0n) is 15.7. The first-order chi connectivity index (χ1) is 14.0. The molecule has 0 heterocycles. The van der Waals surface area contributed by atoms with Crippen LogP contribution in [0.4, 0.5) is 0 Å². The predicted molar refractivity (Wildman–Crippen MR) is 110 cm³/mol. The molecule has 0 aliphatic heterocycles. The van der Waals surface area contributed by atoms with Gasteiger partial charge in [-0.2, -0.15) is 0 Å². The van der Waals surface area contributed by atoms with E-state index in [1.165, 1.54) is 12.1 Å². The van der Waals surface area contributed by atoms with Crippen molar-refractivity contribution in [2.75, 3.05) is 13.7 Å². The lowest BCUT2D eigenvalue weighted by Crippen LogP contribution is -2.11. The number of ether oxygens (including phenoxy) is 2. The van der Waals surface area contributed by atoms with E-state index in [4.69, 9.17) is 21.1 Å². The molecule has 0 aromatic heterocycles. The van der Waals surface area contributed by atoms with Crippen molar-refractivity contribution < 1.29 is 24.2 Å². The molecule has 29 heavy (non-hydrogen) atoms. The first kappa shape index (κ1) is 20.4. The molecule has 0 saturated heterocycles. The molecule has 0 amide bonds. The lowest BCUT2D eigenvalue weighted by Gasteiger charge is -2.09. The van der Waals surface area contributed by atoms with Crippen molar-refractivity contribution in [1.82, 2.24) is 0 Å². The van der Waals surface area contributed by atoms with E-state index >= 15 is 0 Å². The van der Waals surface area contributed by atoms with Gasteiger partial charge in [-0.05, 0) is 54.1 Å². The number of ketones is 2. The lowest BCUT2D eigenvalue weighted by molar-refractivity contribution is 0.0919. The van der Waals surface area contributed by atoms with E-state index in [2.05, 4.69) is 0 Å². The minimum absolute atomic E-state index is 0.146. The summed E-state index contributed by atoms with van der Waals surface area (Å²) >= 11 is 5.81. The molecule has 0 fully saturated rings. The molecular formula is C23H19ClO5. The van der Waals surface area contributed by atoms with Crippen LogP contribution in [0.1, 0.15) is 26.3 Å². The molecule has 0 atom stereocenters. The summed E-state index contributed by atoms with van der Waals surface area (Å²) in [5.74, 6) is 0.363. The van der Waals surface area contributed by atoms with Crippen molar-refractivity contribution in [1.29, 1.82) is 0 Å². The van der Waals surface area contributed by atoms with Gasteiger partial charge >= 0.3 is 0 Å². The fourth-order valence-corrected chi connectivity index (χ4v) is 2.86. The summed E-state index contributed by atoms with van der Waals surface area (Å²) in [5.41, 5.74) is 1.48. The highest BCUT2D eigenvalue weighted by Gasteiger charge is 2.14. The fraction of sp³-hybridized carbons (Fsp3) is 0.130. The summed E-state index contributed by atoms with van der Waals surface area (Å²) < 4.78 is 10.5. The third kappa shape index (κ3) is 5.36. The van der Waals surface area contributed by atoms with Crippen LogP contribution in [-0.4, -0.2) is 30.4 Å². The Morgan fingerprint density at radius 1 is 0.897 bits per heavy atom. The number of methoxy groups -OCH3 is 1. The number of aromatic hydroxyl groups is 1. The van der Waals surface area contributed by atoms with Crippen LogP contribution >= 0.6 is 11.6 Å². The van der Waals surface area contributed by atoms with E-state index in [-0.39, 0.29) is 35.9 Å². The van der Waals surface area contributed by atoms with Gasteiger partial charge < -0.3 is 14.6 Å². The van der Waals surface area contributed by atoms with Crippen LogP contribution in [0.3, 0.4) is 0 Å². The molecule has 3 aromatic rings. The van der Waals surface area contributed by atoms with Crippen molar-refractivity contribution in [3.8, 4) is 17.2 Å². The second kappa shape index (κ2) is 9.26. The van der Waals surface area contributed by atoms with Crippen molar-refractivity contribution in [3.63, 3.8) is 0 Å². The molecule has 0 spiro atoms. The van der Waals surface area contributed by atoms with Gasteiger partial charge in [0.2, 0.25) is 0 Å². The molecule has 3 aromatic carbocycles. The average Bonchev–Trinajstić information content (AvgIpc) is 2.73. The van der Waals surface area contributed by atoms with Crippen molar-refractivity contribution >= 4 is 23.2 Å². The molecule has 0 bridgehead atoms. The number of phenolic OH excluding ortho intramolecular Hbond substituents is 1. The molecule has 0 saturated carbocycles. The molecule has 3 rings (SSSR count). The Labute approximate surface area is 173 Å². The quantitative estimate of drug-likeness (QED) is 0.543. The van der Waals surface area contributed by atoms with Gasteiger partial charge in [0.15, 0.2) is 18.2 Å². The number of benzene rings is 3. The molecule has 6 heteroatoms. The van der Waals surface area contributed by atoms with Gasteiger partial charge in [0.05, 0.1) is 12.7 Å². The third-order valence-electron chi connectivity index (χ3n) is 4.33. The molecular weight excluding hydrogens is 392 g/mol. The Morgan fingerprint density at radius 2 is 1.55 bits per heavy atom. The van der Waals surface area contributed by atoms with Gasteiger partial charge in [-0.1, -0.05) is 23.7 Å². The highest BCUT2D eigenvalue weighted by molar-refractivity contribution is 6.30. The summed E-state index contributed by atoms with van der Waals surface area (Å²) in [7, 11) is 1.57. The summed E-state index contributed by atoms with van der Waals surface area (Å²) in [6, 6.07) is 18.0. The van der Waals surface area contributed by atoms with Crippen LogP contribution in [0.25, 0.3) is 0 Å². The Kier molecular flexibility index (Phi) is 6.52. The fourth-order valence-electron chi connectivity index (χ4n) is 2.73. The number of hydrogen-bond acceptors (Lipinski definition) is 5. The van der Waals surface area contributed by atoms with Crippen molar-refractivity contribution in [2.45, 2.75) is 6.42 Å². The largest absolute Gasteiger partial charge is 0.507 e. The van der Waals surface area contributed by atoms with E-state index in [0.29, 0.717) is 22.1 Å². The van der Waals surface area contributed by atoms with Crippen LogP contribution in [0.15, 0.2) is 66.7 Å². The summed E-state index contributed by atoms with van der Waals surface area (Å²) in [6.45, 7) is -0.194. The van der Waals surface area contributed by atoms with E-state index in [0.717, 1.165) is 5.56 Å². The van der Waals surface area contributed by atoms with E-state index in [9.17, 15) is 14.7 Å². The maximum Gasteiger partial charge on any atom is 0.200 e. The second-order valence-corrected chi connectivity index (χ2v) is 6.78. The number of phenols is 1.